The fourth-order valence-electron chi connectivity index (χ4n) is 2.95. The van der Waals surface area contributed by atoms with Crippen LogP contribution in [-0.4, -0.2) is 13.1 Å². The summed E-state index contributed by atoms with van der Waals surface area (Å²) in [5.74, 6) is -0.701. The number of carbonyl (C=O) groups is 1. The largest absolute Gasteiger partial charge is 0.466 e. The Bertz CT molecular complexity index is 1140. The highest BCUT2D eigenvalue weighted by atomic mass is 16.5. The molecule has 2 aromatic rings. The van der Waals surface area contributed by atoms with Gasteiger partial charge in [-0.05, 0) is 16.7 Å². The van der Waals surface area contributed by atoms with Gasteiger partial charge in [0.05, 0.1) is 18.8 Å². The number of allylic oxidation sites excluding steroid dienone is 10. The van der Waals surface area contributed by atoms with E-state index in [1.54, 1.807) is 18.2 Å². The van der Waals surface area contributed by atoms with E-state index in [9.17, 15) is 4.79 Å². The molecule has 0 N–H and O–H groups in total. The van der Waals surface area contributed by atoms with E-state index in [2.05, 4.69) is 19.7 Å². The topological polar surface area (TPSA) is 50.1 Å². The lowest BCUT2D eigenvalue weighted by Gasteiger charge is -2.15. The van der Waals surface area contributed by atoms with Crippen LogP contribution in [0, 0.1) is 17.2 Å². The molecule has 0 fully saturated rings. The molecule has 1 unspecified atom stereocenters. The van der Waals surface area contributed by atoms with Gasteiger partial charge < -0.3 is 4.74 Å². The molecular formula is C32H31NO2. The first kappa shape index (κ1) is 28.4. The van der Waals surface area contributed by atoms with Crippen LogP contribution in [0.4, 0.5) is 0 Å². The third-order valence-electron chi connectivity index (χ3n) is 4.56. The summed E-state index contributed by atoms with van der Waals surface area (Å²) in [7, 11) is 1.40. The van der Waals surface area contributed by atoms with E-state index in [1.165, 1.54) is 13.2 Å². The van der Waals surface area contributed by atoms with Crippen LogP contribution in [-0.2, 0) is 9.53 Å². The van der Waals surface area contributed by atoms with Crippen molar-refractivity contribution in [3.8, 4) is 6.07 Å². The number of rotatable bonds is 10. The van der Waals surface area contributed by atoms with Crippen LogP contribution in [0.2, 0.25) is 0 Å². The van der Waals surface area contributed by atoms with Crippen LogP contribution in [0.25, 0.3) is 12.2 Å². The summed E-state index contributed by atoms with van der Waals surface area (Å²) in [6.45, 7) is 10.6. The zero-order valence-corrected chi connectivity index (χ0v) is 20.1. The number of hydrogen-bond donors (Lipinski definition) is 0. The first-order chi connectivity index (χ1) is 17.1. The smallest absolute Gasteiger partial charge is 0.335 e. The molecule has 0 aromatic heterocycles. The van der Waals surface area contributed by atoms with Gasteiger partial charge in [-0.1, -0.05) is 141 Å². The third kappa shape index (κ3) is 11.1. The molecule has 1 atom stereocenters. The molecule has 0 aliphatic rings. The second-order valence-electron chi connectivity index (χ2n) is 6.95. The Morgan fingerprint density at radius 2 is 1.40 bits per heavy atom. The maximum absolute atomic E-state index is 12.9. The molecule has 0 saturated heterocycles. The highest BCUT2D eigenvalue weighted by Gasteiger charge is 2.20. The van der Waals surface area contributed by atoms with Crippen molar-refractivity contribution in [2.24, 2.45) is 5.92 Å². The van der Waals surface area contributed by atoms with Crippen LogP contribution in [0.1, 0.15) is 11.1 Å². The van der Waals surface area contributed by atoms with Crippen molar-refractivity contribution in [1.29, 1.82) is 5.26 Å². The zero-order chi connectivity index (χ0) is 25.7. The van der Waals surface area contributed by atoms with Crippen molar-refractivity contribution in [2.45, 2.75) is 0 Å². The van der Waals surface area contributed by atoms with Gasteiger partial charge in [0.1, 0.15) is 0 Å². The normalized spacial score (nSPS) is 12.5. The van der Waals surface area contributed by atoms with Gasteiger partial charge >= 0.3 is 5.97 Å². The standard InChI is InChI=1S/C29H28O2.C3H3N/c1-4-6-18-26(22-20-24-14-10-8-11-15-24)28(29(30)31-3)27(19-7-5-2)23-21-25-16-12-9-13-17-25;1-2-3-4/h4-23,26H,1-2H2,3H3;2H,1H2. The molecule has 0 aliphatic heterocycles. The predicted molar refractivity (Wildman–Crippen MR) is 148 cm³/mol. The Balaban J connectivity index is 0.00000142. The van der Waals surface area contributed by atoms with Gasteiger partial charge in [-0.25, -0.2) is 4.79 Å². The number of nitrogens with zero attached hydrogens (tertiary/aromatic N) is 1. The summed E-state index contributed by atoms with van der Waals surface area (Å²) in [5.41, 5.74) is 3.35. The van der Waals surface area contributed by atoms with Crippen molar-refractivity contribution in [2.75, 3.05) is 7.11 Å². The third-order valence-corrected chi connectivity index (χ3v) is 4.56. The van der Waals surface area contributed by atoms with Crippen molar-refractivity contribution < 1.29 is 9.53 Å². The van der Waals surface area contributed by atoms with Crippen LogP contribution < -0.4 is 0 Å². The van der Waals surface area contributed by atoms with Crippen LogP contribution in [0.15, 0.2) is 146 Å². The molecule has 35 heavy (non-hydrogen) atoms. The first-order valence-electron chi connectivity index (χ1n) is 11.0. The Morgan fingerprint density at radius 1 is 0.857 bits per heavy atom. The lowest BCUT2D eigenvalue weighted by atomic mass is 9.91. The molecule has 2 aromatic carbocycles. The fraction of sp³-hybridized carbons (Fsp3) is 0.0625. The summed E-state index contributed by atoms with van der Waals surface area (Å²) in [5, 5.41) is 7.51. The molecule has 3 nitrogen and oxygen atoms in total. The number of carbonyl (C=O) groups excluding carboxylic acids is 1. The van der Waals surface area contributed by atoms with E-state index < -0.39 is 5.97 Å². The Kier molecular flexibility index (Phi) is 14.4. The minimum atomic E-state index is -0.391. The molecule has 0 bridgehead atoms. The summed E-state index contributed by atoms with van der Waals surface area (Å²) >= 11 is 0. The second-order valence-corrected chi connectivity index (χ2v) is 6.95. The maximum atomic E-state index is 12.9. The number of ether oxygens (including phenoxy) is 1. The number of benzene rings is 2. The van der Waals surface area contributed by atoms with Crippen molar-refractivity contribution in [3.05, 3.63) is 157 Å². The van der Waals surface area contributed by atoms with Crippen LogP contribution in [0.3, 0.4) is 0 Å². The monoisotopic (exact) mass is 461 g/mol. The molecule has 0 amide bonds. The minimum Gasteiger partial charge on any atom is -0.466 e. The van der Waals surface area contributed by atoms with E-state index in [0.717, 1.165) is 16.7 Å². The van der Waals surface area contributed by atoms with Gasteiger partial charge in [0, 0.05) is 12.0 Å². The van der Waals surface area contributed by atoms with Gasteiger partial charge in [-0.15, -0.1) is 0 Å². The molecule has 0 heterocycles. The maximum Gasteiger partial charge on any atom is 0.335 e. The number of methoxy groups -OCH3 is 1. The van der Waals surface area contributed by atoms with Gasteiger partial charge in [-0.3, -0.25) is 0 Å². The average Bonchev–Trinajstić information content (AvgIpc) is 2.92. The van der Waals surface area contributed by atoms with Gasteiger partial charge in [0.2, 0.25) is 0 Å². The van der Waals surface area contributed by atoms with Crippen molar-refractivity contribution >= 4 is 18.1 Å². The lowest BCUT2D eigenvalue weighted by molar-refractivity contribution is -0.136. The van der Waals surface area contributed by atoms with Crippen LogP contribution >= 0.6 is 0 Å². The highest BCUT2D eigenvalue weighted by Crippen LogP contribution is 2.24. The first-order valence-corrected chi connectivity index (χ1v) is 11.0. The molecule has 0 spiro atoms. The van der Waals surface area contributed by atoms with Gasteiger partial charge in [0.15, 0.2) is 0 Å². The minimum absolute atomic E-state index is 0.310. The van der Waals surface area contributed by atoms with Crippen molar-refractivity contribution in [1.82, 2.24) is 0 Å². The van der Waals surface area contributed by atoms with Crippen LogP contribution in [0.5, 0.6) is 0 Å². The van der Waals surface area contributed by atoms with Gasteiger partial charge in [0.25, 0.3) is 0 Å². The molecule has 0 aliphatic carbocycles. The zero-order valence-electron chi connectivity index (χ0n) is 20.1. The molecule has 3 heteroatoms. The number of hydrogen-bond acceptors (Lipinski definition) is 3. The van der Waals surface area contributed by atoms with E-state index in [4.69, 9.17) is 10.00 Å². The Morgan fingerprint density at radius 3 is 1.89 bits per heavy atom. The average molecular weight is 462 g/mol. The lowest BCUT2D eigenvalue weighted by Crippen LogP contribution is -2.14. The summed E-state index contributed by atoms with van der Waals surface area (Å²) in [4.78, 5) is 12.9. The van der Waals surface area contributed by atoms with Crippen molar-refractivity contribution in [3.63, 3.8) is 0 Å². The van der Waals surface area contributed by atoms with E-state index in [0.29, 0.717) is 5.57 Å². The van der Waals surface area contributed by atoms with E-state index >= 15 is 0 Å². The highest BCUT2D eigenvalue weighted by molar-refractivity contribution is 5.92. The summed E-state index contributed by atoms with van der Waals surface area (Å²) in [6.07, 6.45) is 19.9. The second kappa shape index (κ2) is 17.8. The number of esters is 1. The quantitative estimate of drug-likeness (QED) is 0.158. The molecule has 2 rings (SSSR count). The van der Waals surface area contributed by atoms with E-state index in [1.807, 2.05) is 109 Å². The SMILES string of the molecule is C=CC#N.C=CC=CC(C=Cc1ccccc1)=C(C(=O)OC)C(C=CC=C)C=Cc1ccccc1. The Hall–Kier alpha value is -4.68. The molecule has 0 saturated carbocycles. The molecule has 176 valence electrons. The van der Waals surface area contributed by atoms with Gasteiger partial charge in [-0.2, -0.15) is 5.26 Å². The molecule has 0 radical (unpaired) electrons. The predicted octanol–water partition coefficient (Wildman–Crippen LogP) is 7.68. The number of nitriles is 1. The summed E-state index contributed by atoms with van der Waals surface area (Å²) < 4.78 is 5.15. The fourth-order valence-corrected chi connectivity index (χ4v) is 2.95. The Labute approximate surface area is 209 Å². The molecular weight excluding hydrogens is 430 g/mol. The van der Waals surface area contributed by atoms with E-state index in [-0.39, 0.29) is 5.92 Å². The summed E-state index contributed by atoms with van der Waals surface area (Å²) in [6, 6.07) is 21.6.